The Kier molecular flexibility index (Phi) is 6.98. The lowest BCUT2D eigenvalue weighted by Gasteiger charge is -2.27. The van der Waals surface area contributed by atoms with Gasteiger partial charge in [0, 0.05) is 24.4 Å². The summed E-state index contributed by atoms with van der Waals surface area (Å²) in [5.74, 6) is 0. The molecule has 0 aromatic rings. The minimum atomic E-state index is 0.385. The summed E-state index contributed by atoms with van der Waals surface area (Å²) in [6.45, 7) is 3.07. The van der Waals surface area contributed by atoms with Crippen molar-refractivity contribution in [3.8, 4) is 0 Å². The van der Waals surface area contributed by atoms with E-state index >= 15 is 0 Å². The molecule has 0 saturated carbocycles. The van der Waals surface area contributed by atoms with Gasteiger partial charge in [0.25, 0.3) is 0 Å². The SMILES string of the molecule is CCC(CBr)(CBr)CCOC. The maximum atomic E-state index is 5.06. The molecule has 0 aromatic carbocycles. The summed E-state index contributed by atoms with van der Waals surface area (Å²) >= 11 is 7.08. The van der Waals surface area contributed by atoms with Crippen LogP contribution in [0.15, 0.2) is 0 Å². The second kappa shape index (κ2) is 6.44. The molecule has 0 aliphatic rings. The predicted molar refractivity (Wildman–Crippen MR) is 56.8 cm³/mol. The van der Waals surface area contributed by atoms with Crippen molar-refractivity contribution in [1.82, 2.24) is 0 Å². The van der Waals surface area contributed by atoms with E-state index in [4.69, 9.17) is 4.74 Å². The van der Waals surface area contributed by atoms with E-state index in [1.807, 2.05) is 0 Å². The second-order valence-electron chi connectivity index (χ2n) is 2.86. The van der Waals surface area contributed by atoms with Gasteiger partial charge in [-0.15, -0.1) is 0 Å². The number of hydrogen-bond donors (Lipinski definition) is 0. The highest BCUT2D eigenvalue weighted by molar-refractivity contribution is 9.09. The van der Waals surface area contributed by atoms with Crippen molar-refractivity contribution in [3.63, 3.8) is 0 Å². The lowest BCUT2D eigenvalue weighted by atomic mass is 9.87. The normalized spacial score (nSPS) is 12.0. The van der Waals surface area contributed by atoms with E-state index in [0.29, 0.717) is 5.41 Å². The number of hydrogen-bond acceptors (Lipinski definition) is 1. The van der Waals surface area contributed by atoms with Gasteiger partial charge in [0.1, 0.15) is 0 Å². The molecule has 3 heteroatoms. The predicted octanol–water partition coefficient (Wildman–Crippen LogP) is 3.21. The summed E-state index contributed by atoms with van der Waals surface area (Å²) in [5.41, 5.74) is 0.385. The molecular formula is C8H16Br2O. The lowest BCUT2D eigenvalue weighted by molar-refractivity contribution is 0.155. The van der Waals surface area contributed by atoms with Gasteiger partial charge in [0.2, 0.25) is 0 Å². The van der Waals surface area contributed by atoms with Gasteiger partial charge in [-0.1, -0.05) is 38.8 Å². The highest BCUT2D eigenvalue weighted by Gasteiger charge is 2.24. The van der Waals surface area contributed by atoms with Crippen LogP contribution < -0.4 is 0 Å². The van der Waals surface area contributed by atoms with Gasteiger partial charge in [-0.05, 0) is 18.3 Å². The summed E-state index contributed by atoms with van der Waals surface area (Å²) in [6.07, 6.45) is 2.31. The quantitative estimate of drug-likeness (QED) is 0.682. The summed E-state index contributed by atoms with van der Waals surface area (Å²) in [6, 6.07) is 0. The van der Waals surface area contributed by atoms with Crippen molar-refractivity contribution in [3.05, 3.63) is 0 Å². The summed E-state index contributed by atoms with van der Waals surface area (Å²) < 4.78 is 5.06. The van der Waals surface area contributed by atoms with E-state index in [1.165, 1.54) is 6.42 Å². The molecule has 0 spiro atoms. The Morgan fingerprint density at radius 3 is 2.09 bits per heavy atom. The molecular weight excluding hydrogens is 272 g/mol. The summed E-state index contributed by atoms with van der Waals surface area (Å²) in [7, 11) is 1.75. The molecule has 0 N–H and O–H groups in total. The smallest absolute Gasteiger partial charge is 0.0468 e. The number of rotatable bonds is 6. The second-order valence-corrected chi connectivity index (χ2v) is 3.99. The van der Waals surface area contributed by atoms with Crippen molar-refractivity contribution >= 4 is 31.9 Å². The Balaban J connectivity index is 3.84. The molecule has 68 valence electrons. The summed E-state index contributed by atoms with van der Waals surface area (Å²) in [4.78, 5) is 0. The monoisotopic (exact) mass is 286 g/mol. The topological polar surface area (TPSA) is 9.23 Å². The Morgan fingerprint density at radius 1 is 1.27 bits per heavy atom. The maximum Gasteiger partial charge on any atom is 0.0468 e. The molecule has 0 unspecified atom stereocenters. The molecule has 0 atom stereocenters. The minimum Gasteiger partial charge on any atom is -0.385 e. The highest BCUT2D eigenvalue weighted by atomic mass is 79.9. The first kappa shape index (κ1) is 11.9. The number of halogens is 2. The fourth-order valence-corrected chi connectivity index (χ4v) is 3.14. The summed E-state index contributed by atoms with van der Waals surface area (Å²) in [5, 5.41) is 2.09. The molecule has 0 radical (unpaired) electrons. The van der Waals surface area contributed by atoms with Crippen LogP contribution in [0, 0.1) is 5.41 Å². The van der Waals surface area contributed by atoms with Crippen LogP contribution in [0.2, 0.25) is 0 Å². The van der Waals surface area contributed by atoms with Crippen LogP contribution >= 0.6 is 31.9 Å². The van der Waals surface area contributed by atoms with Crippen LogP contribution in [0.4, 0.5) is 0 Å². The molecule has 0 aromatic heterocycles. The number of alkyl halides is 2. The van der Waals surface area contributed by atoms with E-state index in [1.54, 1.807) is 7.11 Å². The standard InChI is InChI=1S/C8H16Br2O/c1-3-8(6-9,7-10)4-5-11-2/h3-7H2,1-2H3. The zero-order valence-electron chi connectivity index (χ0n) is 7.20. The van der Waals surface area contributed by atoms with Gasteiger partial charge in [0.15, 0.2) is 0 Å². The van der Waals surface area contributed by atoms with Gasteiger partial charge in [-0.2, -0.15) is 0 Å². The molecule has 0 amide bonds. The van der Waals surface area contributed by atoms with Gasteiger partial charge in [-0.3, -0.25) is 0 Å². The fraction of sp³-hybridized carbons (Fsp3) is 1.00. The Hall–Kier alpha value is 0.920. The third kappa shape index (κ3) is 3.90. The third-order valence-electron chi connectivity index (χ3n) is 2.15. The van der Waals surface area contributed by atoms with Gasteiger partial charge < -0.3 is 4.74 Å². The first-order valence-electron chi connectivity index (χ1n) is 3.85. The van der Waals surface area contributed by atoms with Gasteiger partial charge in [0.05, 0.1) is 0 Å². The molecule has 0 aliphatic carbocycles. The van der Waals surface area contributed by atoms with Crippen LogP contribution in [0.1, 0.15) is 19.8 Å². The molecule has 1 nitrogen and oxygen atoms in total. The zero-order chi connectivity index (χ0) is 8.74. The Bertz CT molecular complexity index is 83.8. The highest BCUT2D eigenvalue weighted by Crippen LogP contribution is 2.30. The van der Waals surface area contributed by atoms with E-state index in [9.17, 15) is 0 Å². The first-order valence-corrected chi connectivity index (χ1v) is 6.10. The third-order valence-corrected chi connectivity index (χ3v) is 4.53. The molecule has 11 heavy (non-hydrogen) atoms. The molecule has 0 bridgehead atoms. The van der Waals surface area contributed by atoms with E-state index in [-0.39, 0.29) is 0 Å². The first-order chi connectivity index (χ1) is 5.24. The number of methoxy groups -OCH3 is 1. The van der Waals surface area contributed by atoms with Crippen molar-refractivity contribution in [2.75, 3.05) is 24.4 Å². The molecule has 0 aliphatic heterocycles. The van der Waals surface area contributed by atoms with Crippen molar-refractivity contribution in [2.24, 2.45) is 5.41 Å². The van der Waals surface area contributed by atoms with Gasteiger partial charge in [-0.25, -0.2) is 0 Å². The van der Waals surface area contributed by atoms with Crippen LogP contribution in [0.25, 0.3) is 0 Å². The van der Waals surface area contributed by atoms with Crippen LogP contribution in [-0.2, 0) is 4.74 Å². The average Bonchev–Trinajstić information content (AvgIpc) is 2.08. The van der Waals surface area contributed by atoms with E-state index < -0.39 is 0 Å². The van der Waals surface area contributed by atoms with E-state index in [2.05, 4.69) is 38.8 Å². The Labute approximate surface area is 86.1 Å². The van der Waals surface area contributed by atoms with Crippen molar-refractivity contribution in [1.29, 1.82) is 0 Å². The average molecular weight is 288 g/mol. The van der Waals surface area contributed by atoms with Crippen molar-refractivity contribution in [2.45, 2.75) is 19.8 Å². The Morgan fingerprint density at radius 2 is 1.82 bits per heavy atom. The maximum absolute atomic E-state index is 5.06. The zero-order valence-corrected chi connectivity index (χ0v) is 10.4. The van der Waals surface area contributed by atoms with Crippen LogP contribution in [-0.4, -0.2) is 24.4 Å². The largest absolute Gasteiger partial charge is 0.385 e. The lowest BCUT2D eigenvalue weighted by Crippen LogP contribution is -2.25. The fourth-order valence-electron chi connectivity index (χ4n) is 0.854. The number of ether oxygens (including phenoxy) is 1. The van der Waals surface area contributed by atoms with Crippen molar-refractivity contribution < 1.29 is 4.74 Å². The van der Waals surface area contributed by atoms with Crippen LogP contribution in [0.3, 0.4) is 0 Å². The molecule has 0 fully saturated rings. The van der Waals surface area contributed by atoms with Gasteiger partial charge >= 0.3 is 0 Å². The molecule has 0 saturated heterocycles. The van der Waals surface area contributed by atoms with E-state index in [0.717, 1.165) is 23.7 Å². The minimum absolute atomic E-state index is 0.385. The molecule has 0 heterocycles. The molecule has 0 rings (SSSR count). The van der Waals surface area contributed by atoms with Crippen LogP contribution in [0.5, 0.6) is 0 Å².